The van der Waals surface area contributed by atoms with Crippen LogP contribution in [0.2, 0.25) is 0 Å². The van der Waals surface area contributed by atoms with Crippen LogP contribution in [-0.2, 0) is 19.6 Å². The third kappa shape index (κ3) is 7.17. The molecule has 0 saturated carbocycles. The quantitative estimate of drug-likeness (QED) is 0.438. The van der Waals surface area contributed by atoms with Gasteiger partial charge in [-0.2, -0.15) is 23.5 Å². The predicted molar refractivity (Wildman–Crippen MR) is 112 cm³/mol. The first-order valence-electron chi connectivity index (χ1n) is 9.26. The fourth-order valence-electron chi connectivity index (χ4n) is 2.64. The summed E-state index contributed by atoms with van der Waals surface area (Å²) in [4.78, 5) is 37.2. The zero-order valence-electron chi connectivity index (χ0n) is 16.3. The SMILES string of the molecule is CCCn1c(=O)n(CCO)c(=O)n(CCCSCC(CO)SC(C)C)c1=O. The van der Waals surface area contributed by atoms with Crippen LogP contribution in [0.5, 0.6) is 0 Å². The first kappa shape index (κ1) is 24.1. The van der Waals surface area contributed by atoms with Crippen molar-refractivity contribution in [1.29, 1.82) is 0 Å². The van der Waals surface area contributed by atoms with E-state index in [0.29, 0.717) is 18.1 Å². The number of aromatic nitrogens is 3. The Labute approximate surface area is 167 Å². The third-order valence-corrected chi connectivity index (χ3v) is 6.47. The molecule has 0 bridgehead atoms. The van der Waals surface area contributed by atoms with E-state index in [2.05, 4.69) is 13.8 Å². The van der Waals surface area contributed by atoms with Gasteiger partial charge in [0, 0.05) is 24.1 Å². The van der Waals surface area contributed by atoms with E-state index in [1.807, 2.05) is 6.92 Å². The van der Waals surface area contributed by atoms with Crippen LogP contribution < -0.4 is 17.1 Å². The van der Waals surface area contributed by atoms with Gasteiger partial charge in [0.2, 0.25) is 0 Å². The molecule has 0 fully saturated rings. The number of aliphatic hydroxyl groups excluding tert-OH is 2. The minimum Gasteiger partial charge on any atom is -0.395 e. The van der Waals surface area contributed by atoms with Crippen LogP contribution in [0.15, 0.2) is 14.4 Å². The van der Waals surface area contributed by atoms with Gasteiger partial charge in [-0.15, -0.1) is 0 Å². The maximum atomic E-state index is 12.5. The number of hydrogen-bond acceptors (Lipinski definition) is 7. The monoisotopic (exact) mass is 421 g/mol. The molecule has 1 unspecified atom stereocenters. The third-order valence-electron chi connectivity index (χ3n) is 3.80. The molecule has 1 heterocycles. The van der Waals surface area contributed by atoms with Gasteiger partial charge >= 0.3 is 17.1 Å². The molecule has 0 aliphatic carbocycles. The van der Waals surface area contributed by atoms with E-state index >= 15 is 0 Å². The molecule has 0 spiro atoms. The van der Waals surface area contributed by atoms with Crippen LogP contribution in [0, 0.1) is 0 Å². The normalized spacial score (nSPS) is 12.7. The molecule has 0 saturated heterocycles. The number of rotatable bonds is 13. The maximum Gasteiger partial charge on any atom is 0.336 e. The summed E-state index contributed by atoms with van der Waals surface area (Å²) in [5.74, 6) is 1.55. The number of thioether (sulfide) groups is 2. The summed E-state index contributed by atoms with van der Waals surface area (Å²) in [6.07, 6.45) is 1.20. The van der Waals surface area contributed by atoms with Crippen LogP contribution in [0.3, 0.4) is 0 Å². The molecule has 1 aromatic rings. The second kappa shape index (κ2) is 12.5. The average Bonchev–Trinajstić information content (AvgIpc) is 2.63. The van der Waals surface area contributed by atoms with Gasteiger partial charge in [-0.3, -0.25) is 0 Å². The molecule has 10 heteroatoms. The molecular weight excluding hydrogens is 390 g/mol. The van der Waals surface area contributed by atoms with Crippen molar-refractivity contribution < 1.29 is 10.2 Å². The van der Waals surface area contributed by atoms with Crippen LogP contribution in [0.25, 0.3) is 0 Å². The second-order valence-electron chi connectivity index (χ2n) is 6.44. The van der Waals surface area contributed by atoms with E-state index in [-0.39, 0.29) is 38.1 Å². The number of hydrogen-bond donors (Lipinski definition) is 2. The summed E-state index contributed by atoms with van der Waals surface area (Å²) in [5, 5.41) is 19.1. The van der Waals surface area contributed by atoms with E-state index in [1.54, 1.807) is 23.5 Å². The Bertz CT molecular complexity index is 697. The van der Waals surface area contributed by atoms with Gasteiger partial charge < -0.3 is 10.2 Å². The van der Waals surface area contributed by atoms with E-state index in [4.69, 9.17) is 5.11 Å². The van der Waals surface area contributed by atoms with E-state index < -0.39 is 17.1 Å². The highest BCUT2D eigenvalue weighted by Crippen LogP contribution is 2.21. The van der Waals surface area contributed by atoms with Crippen molar-refractivity contribution in [2.75, 3.05) is 24.7 Å². The fourth-order valence-corrected chi connectivity index (χ4v) is 4.97. The van der Waals surface area contributed by atoms with E-state index in [9.17, 15) is 19.5 Å². The van der Waals surface area contributed by atoms with Crippen molar-refractivity contribution in [3.63, 3.8) is 0 Å². The predicted octanol–water partition coefficient (Wildman–Crippen LogP) is 0.200. The van der Waals surface area contributed by atoms with Crippen LogP contribution in [0.1, 0.15) is 33.6 Å². The molecule has 8 nitrogen and oxygen atoms in total. The lowest BCUT2D eigenvalue weighted by molar-refractivity contribution is 0.264. The Balaban J connectivity index is 2.81. The Morgan fingerprint density at radius 3 is 1.96 bits per heavy atom. The van der Waals surface area contributed by atoms with Gasteiger partial charge in [-0.25, -0.2) is 28.1 Å². The Hall–Kier alpha value is -0.970. The summed E-state index contributed by atoms with van der Waals surface area (Å²) < 4.78 is 3.07. The molecule has 27 heavy (non-hydrogen) atoms. The Kier molecular flexibility index (Phi) is 11.1. The van der Waals surface area contributed by atoms with Crippen LogP contribution >= 0.6 is 23.5 Å². The topological polar surface area (TPSA) is 106 Å². The Morgan fingerprint density at radius 1 is 0.926 bits per heavy atom. The lowest BCUT2D eigenvalue weighted by atomic mass is 10.4. The van der Waals surface area contributed by atoms with Crippen molar-refractivity contribution in [3.05, 3.63) is 31.5 Å². The van der Waals surface area contributed by atoms with Gasteiger partial charge in [-0.05, 0) is 23.8 Å². The number of aliphatic hydroxyl groups is 2. The summed E-state index contributed by atoms with van der Waals surface area (Å²) in [6, 6.07) is 0. The molecule has 0 amide bonds. The summed E-state index contributed by atoms with van der Waals surface area (Å²) in [6.45, 7) is 6.15. The Morgan fingerprint density at radius 2 is 1.48 bits per heavy atom. The summed E-state index contributed by atoms with van der Waals surface area (Å²) >= 11 is 3.41. The molecule has 156 valence electrons. The van der Waals surface area contributed by atoms with E-state index in [0.717, 1.165) is 25.2 Å². The molecule has 0 aliphatic heterocycles. The van der Waals surface area contributed by atoms with Crippen molar-refractivity contribution in [2.24, 2.45) is 0 Å². The van der Waals surface area contributed by atoms with Gasteiger partial charge in [0.05, 0.1) is 19.8 Å². The van der Waals surface area contributed by atoms with Gasteiger partial charge in [-0.1, -0.05) is 20.8 Å². The van der Waals surface area contributed by atoms with Crippen LogP contribution in [0.4, 0.5) is 0 Å². The maximum absolute atomic E-state index is 12.5. The average molecular weight is 422 g/mol. The molecule has 0 aromatic carbocycles. The minimum absolute atomic E-state index is 0.124. The molecule has 0 radical (unpaired) electrons. The smallest absolute Gasteiger partial charge is 0.336 e. The summed E-state index contributed by atoms with van der Waals surface area (Å²) in [7, 11) is 0. The molecule has 1 rings (SSSR count). The number of nitrogens with zero attached hydrogens (tertiary/aromatic N) is 3. The van der Waals surface area contributed by atoms with Crippen molar-refractivity contribution in [1.82, 2.24) is 13.7 Å². The molecule has 1 aromatic heterocycles. The zero-order valence-corrected chi connectivity index (χ0v) is 17.9. The summed E-state index contributed by atoms with van der Waals surface area (Å²) in [5.41, 5.74) is -1.92. The highest BCUT2D eigenvalue weighted by atomic mass is 32.2. The standard InChI is InChI=1S/C17H31N3O5S2/c1-4-6-18-15(23)19(17(25)20(8-9-21)16(18)24)7-5-10-26-12-14(11-22)27-13(2)3/h13-14,21-22H,4-12H2,1-3H3. The highest BCUT2D eigenvalue weighted by Gasteiger charge is 2.15. The molecular formula is C17H31N3O5S2. The molecule has 1 atom stereocenters. The molecule has 0 aliphatic rings. The first-order valence-corrected chi connectivity index (χ1v) is 11.4. The van der Waals surface area contributed by atoms with Gasteiger partial charge in [0.1, 0.15) is 0 Å². The van der Waals surface area contributed by atoms with Crippen LogP contribution in [-0.4, -0.2) is 59.1 Å². The molecule has 2 N–H and O–H groups in total. The van der Waals surface area contributed by atoms with Gasteiger partial charge in [0.15, 0.2) is 0 Å². The second-order valence-corrected chi connectivity index (χ2v) is 9.48. The van der Waals surface area contributed by atoms with E-state index in [1.165, 1.54) is 0 Å². The van der Waals surface area contributed by atoms with Crippen molar-refractivity contribution in [2.45, 2.75) is 63.7 Å². The first-order chi connectivity index (χ1) is 12.9. The van der Waals surface area contributed by atoms with Crippen molar-refractivity contribution in [3.8, 4) is 0 Å². The largest absolute Gasteiger partial charge is 0.395 e. The lowest BCUT2D eigenvalue weighted by Crippen LogP contribution is -2.54. The fraction of sp³-hybridized carbons (Fsp3) is 0.824. The lowest BCUT2D eigenvalue weighted by Gasteiger charge is -2.16. The van der Waals surface area contributed by atoms with Gasteiger partial charge in [0.25, 0.3) is 0 Å². The highest BCUT2D eigenvalue weighted by molar-refractivity contribution is 8.03. The zero-order chi connectivity index (χ0) is 20.4. The van der Waals surface area contributed by atoms with Crippen molar-refractivity contribution >= 4 is 23.5 Å². The minimum atomic E-state index is -0.667.